The van der Waals surface area contributed by atoms with Crippen LogP contribution in [-0.4, -0.2) is 44.0 Å². The van der Waals surface area contributed by atoms with Crippen molar-refractivity contribution in [2.75, 3.05) is 32.1 Å². The summed E-state index contributed by atoms with van der Waals surface area (Å²) in [6, 6.07) is 15.0. The van der Waals surface area contributed by atoms with Crippen LogP contribution in [-0.2, 0) is 10.2 Å². The Balaban J connectivity index is 1.63. The predicted molar refractivity (Wildman–Crippen MR) is 95.0 cm³/mol. The summed E-state index contributed by atoms with van der Waals surface area (Å²) >= 11 is 0. The molecule has 0 unspecified atom stereocenters. The number of anilines is 1. The number of nitrogens with zero attached hydrogens (tertiary/aromatic N) is 2. The standard InChI is InChI=1S/C20H20N2O3/c1-21-17-6-4-3-5-16(17)20(19(21)24)11-12-22(13-20)18(23)14-7-9-15(25-2)10-8-14/h3-10H,11-13H2,1-2H3/t20-/m1/s1. The van der Waals surface area contributed by atoms with E-state index < -0.39 is 5.41 Å². The fourth-order valence-electron chi connectivity index (χ4n) is 4.01. The number of rotatable bonds is 2. The van der Waals surface area contributed by atoms with E-state index in [0.29, 0.717) is 25.1 Å². The summed E-state index contributed by atoms with van der Waals surface area (Å²) in [6.45, 7) is 1.01. The Morgan fingerprint density at radius 1 is 1.12 bits per heavy atom. The third-order valence-corrected chi connectivity index (χ3v) is 5.39. The Labute approximate surface area is 146 Å². The number of hydrogen-bond acceptors (Lipinski definition) is 3. The highest BCUT2D eigenvalue weighted by atomic mass is 16.5. The molecule has 128 valence electrons. The number of ether oxygens (including phenoxy) is 1. The number of carbonyl (C=O) groups is 2. The smallest absolute Gasteiger partial charge is 0.253 e. The Hall–Kier alpha value is -2.82. The summed E-state index contributed by atoms with van der Waals surface area (Å²) in [4.78, 5) is 29.3. The van der Waals surface area contributed by atoms with E-state index in [1.165, 1.54) is 0 Å². The summed E-state index contributed by atoms with van der Waals surface area (Å²) in [5.74, 6) is 0.758. The van der Waals surface area contributed by atoms with Gasteiger partial charge in [-0.1, -0.05) is 18.2 Å². The zero-order valence-electron chi connectivity index (χ0n) is 14.4. The molecule has 5 nitrogen and oxygen atoms in total. The molecule has 0 aromatic heterocycles. The lowest BCUT2D eigenvalue weighted by Crippen LogP contribution is -2.42. The maximum atomic E-state index is 12.9. The number of hydrogen-bond donors (Lipinski definition) is 0. The minimum atomic E-state index is -0.604. The first kappa shape index (κ1) is 15.7. The first-order chi connectivity index (χ1) is 12.1. The lowest BCUT2D eigenvalue weighted by Gasteiger charge is -2.23. The van der Waals surface area contributed by atoms with E-state index in [0.717, 1.165) is 17.0 Å². The van der Waals surface area contributed by atoms with Gasteiger partial charge in [-0.3, -0.25) is 9.59 Å². The molecular weight excluding hydrogens is 316 g/mol. The summed E-state index contributed by atoms with van der Waals surface area (Å²) < 4.78 is 5.14. The van der Waals surface area contributed by atoms with Gasteiger partial charge in [-0.05, 0) is 42.3 Å². The van der Waals surface area contributed by atoms with Gasteiger partial charge in [0, 0.05) is 31.4 Å². The minimum Gasteiger partial charge on any atom is -0.497 e. The van der Waals surface area contributed by atoms with Crippen LogP contribution in [0.1, 0.15) is 22.3 Å². The average Bonchev–Trinajstić information content (AvgIpc) is 3.20. The summed E-state index contributed by atoms with van der Waals surface area (Å²) in [5, 5.41) is 0. The van der Waals surface area contributed by atoms with Crippen LogP contribution in [0, 0.1) is 0 Å². The van der Waals surface area contributed by atoms with Gasteiger partial charge in [0.25, 0.3) is 5.91 Å². The second-order valence-electron chi connectivity index (χ2n) is 6.67. The normalized spacial score (nSPS) is 21.8. The van der Waals surface area contributed by atoms with Crippen LogP contribution in [0.25, 0.3) is 0 Å². The molecule has 1 spiro atoms. The van der Waals surface area contributed by atoms with Crippen LogP contribution in [0.5, 0.6) is 5.75 Å². The molecule has 1 saturated heterocycles. The molecule has 25 heavy (non-hydrogen) atoms. The van der Waals surface area contributed by atoms with Gasteiger partial charge in [0.1, 0.15) is 5.75 Å². The largest absolute Gasteiger partial charge is 0.497 e. The molecule has 5 heteroatoms. The molecule has 2 aliphatic heterocycles. The highest BCUT2D eigenvalue weighted by Crippen LogP contribution is 2.46. The molecule has 0 bridgehead atoms. The molecule has 2 aliphatic rings. The first-order valence-electron chi connectivity index (χ1n) is 8.38. The van der Waals surface area contributed by atoms with Gasteiger partial charge < -0.3 is 14.5 Å². The van der Waals surface area contributed by atoms with Crippen molar-refractivity contribution < 1.29 is 14.3 Å². The Morgan fingerprint density at radius 2 is 1.84 bits per heavy atom. The third-order valence-electron chi connectivity index (χ3n) is 5.39. The number of para-hydroxylation sites is 1. The topological polar surface area (TPSA) is 49.9 Å². The average molecular weight is 336 g/mol. The Kier molecular flexibility index (Phi) is 3.53. The van der Waals surface area contributed by atoms with E-state index in [4.69, 9.17) is 4.74 Å². The predicted octanol–water partition coefficient (Wildman–Crippen LogP) is 2.46. The highest BCUT2D eigenvalue weighted by molar-refractivity contribution is 6.09. The van der Waals surface area contributed by atoms with Crippen LogP contribution in [0.4, 0.5) is 5.69 Å². The van der Waals surface area contributed by atoms with Crippen LogP contribution >= 0.6 is 0 Å². The first-order valence-corrected chi connectivity index (χ1v) is 8.38. The second-order valence-corrected chi connectivity index (χ2v) is 6.67. The van der Waals surface area contributed by atoms with Gasteiger partial charge in [-0.25, -0.2) is 0 Å². The van der Waals surface area contributed by atoms with Crippen LogP contribution in [0.3, 0.4) is 0 Å². The van der Waals surface area contributed by atoms with Crippen molar-refractivity contribution in [3.05, 3.63) is 59.7 Å². The maximum Gasteiger partial charge on any atom is 0.253 e. The van der Waals surface area contributed by atoms with Crippen LogP contribution < -0.4 is 9.64 Å². The molecule has 1 atom stereocenters. The van der Waals surface area contributed by atoms with Crippen molar-refractivity contribution in [2.45, 2.75) is 11.8 Å². The van der Waals surface area contributed by atoms with E-state index in [2.05, 4.69) is 0 Å². The fourth-order valence-corrected chi connectivity index (χ4v) is 4.01. The summed E-state index contributed by atoms with van der Waals surface area (Å²) in [7, 11) is 3.41. The van der Waals surface area contributed by atoms with E-state index in [1.807, 2.05) is 31.3 Å². The molecule has 0 radical (unpaired) electrons. The molecule has 1 fully saturated rings. The third kappa shape index (κ3) is 2.22. The molecule has 2 amide bonds. The van der Waals surface area contributed by atoms with Crippen molar-refractivity contribution in [1.29, 1.82) is 0 Å². The Bertz CT molecular complexity index is 846. The molecule has 2 aromatic carbocycles. The SMILES string of the molecule is COc1ccc(C(=O)N2CC[C@]3(C2)C(=O)N(C)c2ccccc23)cc1. The highest BCUT2D eigenvalue weighted by Gasteiger charge is 2.54. The van der Waals surface area contributed by atoms with E-state index in [1.54, 1.807) is 41.2 Å². The monoisotopic (exact) mass is 336 g/mol. The van der Waals surface area contributed by atoms with Gasteiger partial charge in [0.15, 0.2) is 0 Å². The number of benzene rings is 2. The molecule has 2 aromatic rings. The van der Waals surface area contributed by atoms with Crippen molar-refractivity contribution in [1.82, 2.24) is 4.90 Å². The van der Waals surface area contributed by atoms with E-state index >= 15 is 0 Å². The second kappa shape index (κ2) is 5.62. The van der Waals surface area contributed by atoms with Crippen LogP contribution in [0.15, 0.2) is 48.5 Å². The molecule has 2 heterocycles. The molecular formula is C20H20N2O3. The zero-order chi connectivity index (χ0) is 17.6. The molecule has 0 N–H and O–H groups in total. The van der Waals surface area contributed by atoms with Crippen molar-refractivity contribution in [3.8, 4) is 5.75 Å². The zero-order valence-corrected chi connectivity index (χ0v) is 14.4. The lowest BCUT2D eigenvalue weighted by atomic mass is 9.81. The number of carbonyl (C=O) groups excluding carboxylic acids is 2. The molecule has 0 aliphatic carbocycles. The van der Waals surface area contributed by atoms with Gasteiger partial charge in [-0.2, -0.15) is 0 Å². The maximum absolute atomic E-state index is 12.9. The quantitative estimate of drug-likeness (QED) is 0.846. The minimum absolute atomic E-state index is 0.0423. The fraction of sp³-hybridized carbons (Fsp3) is 0.300. The Morgan fingerprint density at radius 3 is 2.56 bits per heavy atom. The van der Waals surface area contributed by atoms with E-state index in [-0.39, 0.29) is 11.8 Å². The lowest BCUT2D eigenvalue weighted by molar-refractivity contribution is -0.122. The van der Waals surface area contributed by atoms with Gasteiger partial charge in [0.2, 0.25) is 5.91 Å². The summed E-state index contributed by atoms with van der Waals surface area (Å²) in [6.07, 6.45) is 0.662. The van der Waals surface area contributed by atoms with Crippen molar-refractivity contribution in [3.63, 3.8) is 0 Å². The van der Waals surface area contributed by atoms with Crippen molar-refractivity contribution >= 4 is 17.5 Å². The van der Waals surface area contributed by atoms with Gasteiger partial charge in [-0.15, -0.1) is 0 Å². The number of methoxy groups -OCH3 is 1. The number of likely N-dealkylation sites (N-methyl/N-ethyl adjacent to an activating group) is 1. The number of fused-ring (bicyclic) bond motifs is 2. The number of amides is 2. The van der Waals surface area contributed by atoms with Gasteiger partial charge in [0.05, 0.1) is 12.5 Å². The van der Waals surface area contributed by atoms with Crippen molar-refractivity contribution in [2.24, 2.45) is 0 Å². The molecule has 4 rings (SSSR count). The van der Waals surface area contributed by atoms with Crippen LogP contribution in [0.2, 0.25) is 0 Å². The van der Waals surface area contributed by atoms with Gasteiger partial charge >= 0.3 is 0 Å². The molecule has 0 saturated carbocycles. The summed E-state index contributed by atoms with van der Waals surface area (Å²) in [5.41, 5.74) is 2.00. The number of likely N-dealkylation sites (tertiary alicyclic amines) is 1. The van der Waals surface area contributed by atoms with E-state index in [9.17, 15) is 9.59 Å².